The van der Waals surface area contributed by atoms with E-state index in [0.29, 0.717) is 0 Å². The van der Waals surface area contributed by atoms with Crippen molar-refractivity contribution in [3.63, 3.8) is 0 Å². The molecule has 0 aromatic heterocycles. The van der Waals surface area contributed by atoms with Gasteiger partial charge in [0.2, 0.25) is 0 Å². The molecule has 0 saturated carbocycles. The minimum absolute atomic E-state index is 0.135. The van der Waals surface area contributed by atoms with Gasteiger partial charge in [0.1, 0.15) is 0 Å². The van der Waals surface area contributed by atoms with Gasteiger partial charge in [-0.15, -0.1) is 0 Å². The van der Waals surface area contributed by atoms with Crippen LogP contribution >= 0.6 is 11.9 Å². The van der Waals surface area contributed by atoms with Crippen molar-refractivity contribution in [2.75, 3.05) is 0 Å². The van der Waals surface area contributed by atoms with E-state index in [4.69, 9.17) is 0 Å². The third-order valence-corrected chi connectivity index (χ3v) is 3.20. The minimum atomic E-state index is -0.949. The number of hydrogen-bond donors (Lipinski definition) is 2. The van der Waals surface area contributed by atoms with Crippen molar-refractivity contribution in [3.8, 4) is 0 Å². The Kier molecular flexibility index (Phi) is 5.16. The van der Waals surface area contributed by atoms with Crippen LogP contribution in [0.5, 0.6) is 0 Å². The molecule has 2 N–H and O–H groups in total. The number of rotatable bonds is 3. The van der Waals surface area contributed by atoms with E-state index in [0.717, 1.165) is 16.8 Å². The first-order chi connectivity index (χ1) is 10.2. The number of hydrogen-bond acceptors (Lipinski definition) is 3. The Morgan fingerprint density at radius 2 is 1.52 bits per heavy atom. The molecule has 0 radical (unpaired) electrons. The molecular weight excluding hydrogens is 293 g/mol. The number of urea groups is 1. The first-order valence-corrected chi connectivity index (χ1v) is 6.82. The third-order valence-electron chi connectivity index (χ3n) is 2.40. The lowest BCUT2D eigenvalue weighted by Gasteiger charge is -2.13. The fourth-order valence-corrected chi connectivity index (χ4v) is 2.00. The lowest BCUT2D eigenvalue weighted by Crippen LogP contribution is -2.44. The van der Waals surface area contributed by atoms with Crippen LogP contribution in [-0.2, 0) is 0 Å². The maximum Gasteiger partial charge on any atom is 0.346 e. The minimum Gasteiger partial charge on any atom is -0.276 e. The zero-order chi connectivity index (χ0) is 15.1. The van der Waals surface area contributed by atoms with Crippen LogP contribution in [0.2, 0.25) is 0 Å². The summed E-state index contributed by atoms with van der Waals surface area (Å²) in [5.74, 6) is -0.949. The normalized spacial score (nSPS) is 9.76. The summed E-state index contributed by atoms with van der Waals surface area (Å²) in [5.41, 5.74) is 1.93. The van der Waals surface area contributed by atoms with Crippen molar-refractivity contribution in [2.24, 2.45) is 0 Å². The van der Waals surface area contributed by atoms with E-state index in [1.165, 1.54) is 12.1 Å². The zero-order valence-electron chi connectivity index (χ0n) is 10.8. The molecule has 2 aromatic rings. The molecule has 0 heterocycles. The Morgan fingerprint density at radius 1 is 0.952 bits per heavy atom. The second kappa shape index (κ2) is 7.30. The summed E-state index contributed by atoms with van der Waals surface area (Å²) in [6.07, 6.45) is 0. The van der Waals surface area contributed by atoms with Gasteiger partial charge in [0.05, 0.1) is 0 Å². The van der Waals surface area contributed by atoms with E-state index in [-0.39, 0.29) is 10.8 Å². The van der Waals surface area contributed by atoms with Crippen molar-refractivity contribution in [1.29, 1.82) is 0 Å². The van der Waals surface area contributed by atoms with Gasteiger partial charge in [-0.3, -0.25) is 9.52 Å². The average molecular weight is 305 g/mol. The summed E-state index contributed by atoms with van der Waals surface area (Å²) < 4.78 is 15.9. The molecule has 2 rings (SSSR count). The van der Waals surface area contributed by atoms with Crippen LogP contribution in [0.3, 0.4) is 0 Å². The quantitative estimate of drug-likeness (QED) is 0.521. The maximum absolute atomic E-state index is 13.6. The van der Waals surface area contributed by atoms with E-state index in [1.54, 1.807) is 35.8 Å². The molecule has 0 atom stereocenters. The van der Waals surface area contributed by atoms with Gasteiger partial charge in [-0.25, -0.2) is 10.2 Å². The van der Waals surface area contributed by atoms with Gasteiger partial charge in [0.25, 0.3) is 0 Å². The molecule has 3 amide bonds. The Labute approximate surface area is 125 Å². The fraction of sp³-hybridized carbons (Fsp3) is 0. The molecular formula is C14H12FN3O2S. The monoisotopic (exact) mass is 305 g/mol. The highest BCUT2D eigenvalue weighted by Gasteiger charge is 2.17. The van der Waals surface area contributed by atoms with Gasteiger partial charge in [-0.1, -0.05) is 46.1 Å². The Morgan fingerprint density at radius 3 is 2.14 bits per heavy atom. The predicted molar refractivity (Wildman–Crippen MR) is 77.7 cm³/mol. The Balaban J connectivity index is 1.83. The summed E-state index contributed by atoms with van der Waals surface area (Å²) in [5, 5.41) is -0.351. The van der Waals surface area contributed by atoms with E-state index in [9.17, 15) is 14.1 Å². The van der Waals surface area contributed by atoms with Crippen LogP contribution in [-0.4, -0.2) is 17.2 Å². The Bertz CT molecular complexity index is 610. The third kappa shape index (κ3) is 4.50. The fourth-order valence-electron chi connectivity index (χ4n) is 1.45. The molecule has 0 fully saturated rings. The average Bonchev–Trinajstić information content (AvgIpc) is 2.54. The van der Waals surface area contributed by atoms with Crippen molar-refractivity contribution in [1.82, 2.24) is 15.4 Å². The van der Waals surface area contributed by atoms with E-state index < -0.39 is 11.9 Å². The summed E-state index contributed by atoms with van der Waals surface area (Å²) in [7, 11) is 0. The molecule has 0 aliphatic carbocycles. The van der Waals surface area contributed by atoms with Crippen LogP contribution in [0.25, 0.3) is 0 Å². The molecule has 108 valence electrons. The van der Waals surface area contributed by atoms with Gasteiger partial charge < -0.3 is 0 Å². The first kappa shape index (κ1) is 14.9. The number of carbonyl (C=O) groups excluding carboxylic acids is 2. The highest BCUT2D eigenvalue weighted by Crippen LogP contribution is 2.12. The highest BCUT2D eigenvalue weighted by molar-refractivity contribution is 7.98. The molecule has 0 spiro atoms. The lowest BCUT2D eigenvalue weighted by molar-refractivity contribution is -0.00276. The van der Waals surface area contributed by atoms with Gasteiger partial charge in [-0.2, -0.15) is 0 Å². The molecule has 2 aromatic carbocycles. The topological polar surface area (TPSA) is 61.4 Å². The molecule has 0 saturated heterocycles. The molecule has 0 aliphatic rings. The highest BCUT2D eigenvalue weighted by atomic mass is 32.2. The van der Waals surface area contributed by atoms with Crippen LogP contribution in [0.15, 0.2) is 65.6 Å². The van der Waals surface area contributed by atoms with E-state index in [2.05, 4.69) is 4.72 Å². The zero-order valence-corrected chi connectivity index (χ0v) is 11.6. The van der Waals surface area contributed by atoms with Crippen molar-refractivity contribution in [2.45, 2.75) is 4.90 Å². The van der Waals surface area contributed by atoms with Gasteiger partial charge in [0.15, 0.2) is 0 Å². The second-order valence-electron chi connectivity index (χ2n) is 3.91. The standard InChI is InChI=1S/C14H12FN3O2S/c15-18(13(19)11-7-3-1-4-8-11)16-14(20)17-21-12-9-5-2-6-10-12/h1-10H,(H2,16,17,20). The summed E-state index contributed by atoms with van der Waals surface area (Å²) in [4.78, 5) is 23.9. The largest absolute Gasteiger partial charge is 0.346 e. The molecule has 21 heavy (non-hydrogen) atoms. The van der Waals surface area contributed by atoms with E-state index in [1.807, 2.05) is 18.2 Å². The molecule has 7 heteroatoms. The first-order valence-electron chi connectivity index (χ1n) is 6.00. The number of hydrazine groups is 1. The smallest absolute Gasteiger partial charge is 0.276 e. The van der Waals surface area contributed by atoms with Crippen LogP contribution in [0.1, 0.15) is 10.4 Å². The van der Waals surface area contributed by atoms with Gasteiger partial charge in [0, 0.05) is 10.5 Å². The number of carbonyl (C=O) groups is 2. The van der Waals surface area contributed by atoms with Crippen molar-refractivity contribution >= 4 is 23.9 Å². The van der Waals surface area contributed by atoms with E-state index >= 15 is 0 Å². The SMILES string of the molecule is O=C(NSc1ccccc1)NN(F)C(=O)c1ccccc1. The van der Waals surface area contributed by atoms with Crippen LogP contribution in [0.4, 0.5) is 9.28 Å². The number of nitrogens with zero attached hydrogens (tertiary/aromatic N) is 1. The molecule has 0 unspecified atom stereocenters. The summed E-state index contributed by atoms with van der Waals surface area (Å²) in [6, 6.07) is 16.0. The van der Waals surface area contributed by atoms with Crippen molar-refractivity contribution in [3.05, 3.63) is 66.2 Å². The predicted octanol–water partition coefficient (Wildman–Crippen LogP) is 2.93. The number of amides is 3. The van der Waals surface area contributed by atoms with Crippen LogP contribution in [0, 0.1) is 0 Å². The molecule has 0 bridgehead atoms. The maximum atomic E-state index is 13.6. The molecule has 0 aliphatic heterocycles. The number of halogens is 1. The Hall–Kier alpha value is -2.54. The molecule has 5 nitrogen and oxygen atoms in total. The van der Waals surface area contributed by atoms with Gasteiger partial charge >= 0.3 is 11.9 Å². The van der Waals surface area contributed by atoms with Gasteiger partial charge in [-0.05, 0) is 36.2 Å². The summed E-state index contributed by atoms with van der Waals surface area (Å²) >= 11 is 1.01. The lowest BCUT2D eigenvalue weighted by atomic mass is 10.2. The number of benzene rings is 2. The summed E-state index contributed by atoms with van der Waals surface area (Å²) in [6.45, 7) is 0. The van der Waals surface area contributed by atoms with Crippen molar-refractivity contribution < 1.29 is 14.1 Å². The van der Waals surface area contributed by atoms with Crippen LogP contribution < -0.4 is 10.1 Å². The second-order valence-corrected chi connectivity index (χ2v) is 4.79. The number of nitrogens with one attached hydrogen (secondary N) is 2.